The summed E-state index contributed by atoms with van der Waals surface area (Å²) in [6.07, 6.45) is 7.22. The molecule has 0 aromatic heterocycles. The third-order valence-corrected chi connectivity index (χ3v) is 5.74. The van der Waals surface area contributed by atoms with Crippen LogP contribution in [0.4, 0.5) is 0 Å². The lowest BCUT2D eigenvalue weighted by Crippen LogP contribution is -2.41. The highest BCUT2D eigenvalue weighted by Gasteiger charge is 2.39. The zero-order valence-electron chi connectivity index (χ0n) is 13.9. The SMILES string of the molecule is CCCCC1NC(CC(C)C)N(CC2CCSCC2)C1=O. The highest BCUT2D eigenvalue weighted by atomic mass is 32.2. The molecule has 0 radical (unpaired) electrons. The lowest BCUT2D eigenvalue weighted by Gasteiger charge is -2.31. The van der Waals surface area contributed by atoms with Crippen molar-refractivity contribution in [2.75, 3.05) is 18.1 Å². The van der Waals surface area contributed by atoms with Crippen molar-refractivity contribution in [3.05, 3.63) is 0 Å². The zero-order chi connectivity index (χ0) is 15.2. The van der Waals surface area contributed by atoms with Gasteiger partial charge in [-0.05, 0) is 49.0 Å². The van der Waals surface area contributed by atoms with Gasteiger partial charge in [0.15, 0.2) is 0 Å². The van der Waals surface area contributed by atoms with E-state index in [1.807, 2.05) is 0 Å². The third-order valence-electron chi connectivity index (χ3n) is 4.69. The van der Waals surface area contributed by atoms with Gasteiger partial charge >= 0.3 is 0 Å². The Balaban J connectivity index is 1.96. The van der Waals surface area contributed by atoms with Gasteiger partial charge in [-0.15, -0.1) is 0 Å². The molecule has 2 aliphatic rings. The second-order valence-electron chi connectivity index (χ2n) is 7.05. The van der Waals surface area contributed by atoms with Crippen molar-refractivity contribution in [1.29, 1.82) is 0 Å². The molecule has 2 heterocycles. The average Bonchev–Trinajstić information content (AvgIpc) is 2.74. The van der Waals surface area contributed by atoms with Crippen LogP contribution in [-0.2, 0) is 4.79 Å². The summed E-state index contributed by atoms with van der Waals surface area (Å²) < 4.78 is 0. The minimum atomic E-state index is 0.0756. The first kappa shape index (κ1) is 17.1. The number of carbonyl (C=O) groups is 1. The van der Waals surface area contributed by atoms with E-state index in [2.05, 4.69) is 42.7 Å². The number of amides is 1. The standard InChI is InChI=1S/C17H32N2OS/c1-4-5-6-15-17(20)19(16(18-15)11-13(2)3)12-14-7-9-21-10-8-14/h13-16,18H,4-12H2,1-3H3. The second kappa shape index (κ2) is 8.42. The Bertz CT molecular complexity index is 329. The summed E-state index contributed by atoms with van der Waals surface area (Å²) in [6.45, 7) is 7.68. The van der Waals surface area contributed by atoms with Crippen molar-refractivity contribution in [1.82, 2.24) is 10.2 Å². The highest BCUT2D eigenvalue weighted by Crippen LogP contribution is 2.27. The molecule has 3 nitrogen and oxygen atoms in total. The predicted octanol–water partition coefficient (Wildman–Crippen LogP) is 3.49. The van der Waals surface area contributed by atoms with Crippen LogP contribution in [0.5, 0.6) is 0 Å². The van der Waals surface area contributed by atoms with Gasteiger partial charge in [-0.2, -0.15) is 11.8 Å². The first-order chi connectivity index (χ1) is 10.1. The van der Waals surface area contributed by atoms with Crippen molar-refractivity contribution in [3.8, 4) is 0 Å². The summed E-state index contributed by atoms with van der Waals surface area (Å²) in [5.74, 6) is 4.26. The number of nitrogens with zero attached hydrogens (tertiary/aromatic N) is 1. The quantitative estimate of drug-likeness (QED) is 0.781. The van der Waals surface area contributed by atoms with E-state index in [1.54, 1.807) is 0 Å². The van der Waals surface area contributed by atoms with Crippen LogP contribution < -0.4 is 5.32 Å². The van der Waals surface area contributed by atoms with E-state index in [9.17, 15) is 4.79 Å². The molecule has 122 valence electrons. The van der Waals surface area contributed by atoms with E-state index in [4.69, 9.17) is 0 Å². The summed E-state index contributed by atoms with van der Waals surface area (Å²) in [5, 5.41) is 3.62. The van der Waals surface area contributed by atoms with Crippen molar-refractivity contribution < 1.29 is 4.79 Å². The molecule has 1 N–H and O–H groups in total. The molecule has 2 atom stereocenters. The van der Waals surface area contributed by atoms with Gasteiger partial charge in [-0.3, -0.25) is 10.1 Å². The molecule has 0 spiro atoms. The second-order valence-corrected chi connectivity index (χ2v) is 8.28. The van der Waals surface area contributed by atoms with Crippen molar-refractivity contribution in [3.63, 3.8) is 0 Å². The smallest absolute Gasteiger partial charge is 0.241 e. The Kier molecular flexibility index (Phi) is 6.87. The Morgan fingerprint density at radius 2 is 2.05 bits per heavy atom. The molecule has 21 heavy (non-hydrogen) atoms. The fourth-order valence-corrected chi connectivity index (χ4v) is 4.63. The molecule has 0 saturated carbocycles. The first-order valence-electron chi connectivity index (χ1n) is 8.76. The molecule has 2 saturated heterocycles. The van der Waals surface area contributed by atoms with E-state index in [0.29, 0.717) is 11.8 Å². The van der Waals surface area contributed by atoms with E-state index in [-0.39, 0.29) is 12.2 Å². The van der Waals surface area contributed by atoms with Gasteiger partial charge in [0.1, 0.15) is 0 Å². The van der Waals surface area contributed by atoms with Crippen molar-refractivity contribution in [2.45, 2.75) is 71.5 Å². The number of rotatable bonds is 7. The van der Waals surface area contributed by atoms with E-state index in [1.165, 1.54) is 30.8 Å². The van der Waals surface area contributed by atoms with Crippen LogP contribution in [0.15, 0.2) is 0 Å². The fourth-order valence-electron chi connectivity index (χ4n) is 3.43. The molecule has 0 bridgehead atoms. The van der Waals surface area contributed by atoms with Gasteiger partial charge in [-0.1, -0.05) is 33.6 Å². The molecule has 0 aromatic carbocycles. The highest BCUT2D eigenvalue weighted by molar-refractivity contribution is 7.99. The number of nitrogens with one attached hydrogen (secondary N) is 1. The summed E-state index contributed by atoms with van der Waals surface area (Å²) in [4.78, 5) is 14.9. The number of hydrogen-bond donors (Lipinski definition) is 1. The van der Waals surface area contributed by atoms with Gasteiger partial charge < -0.3 is 4.90 Å². The maximum Gasteiger partial charge on any atom is 0.241 e. The molecule has 4 heteroatoms. The lowest BCUT2D eigenvalue weighted by molar-refractivity contribution is -0.131. The molecular formula is C17H32N2OS. The van der Waals surface area contributed by atoms with E-state index in [0.717, 1.165) is 31.7 Å². The van der Waals surface area contributed by atoms with Crippen LogP contribution in [0.3, 0.4) is 0 Å². The molecule has 0 aromatic rings. The lowest BCUT2D eigenvalue weighted by atomic mass is 10.0. The van der Waals surface area contributed by atoms with Crippen LogP contribution in [0.25, 0.3) is 0 Å². The van der Waals surface area contributed by atoms with Crippen LogP contribution in [0.2, 0.25) is 0 Å². The van der Waals surface area contributed by atoms with Crippen LogP contribution in [-0.4, -0.2) is 41.1 Å². The van der Waals surface area contributed by atoms with E-state index >= 15 is 0 Å². The van der Waals surface area contributed by atoms with Gasteiger partial charge in [-0.25, -0.2) is 0 Å². The molecular weight excluding hydrogens is 280 g/mol. The zero-order valence-corrected chi connectivity index (χ0v) is 14.8. The molecule has 0 aliphatic carbocycles. The molecule has 2 unspecified atom stereocenters. The number of hydrogen-bond acceptors (Lipinski definition) is 3. The predicted molar refractivity (Wildman–Crippen MR) is 91.5 cm³/mol. The van der Waals surface area contributed by atoms with E-state index < -0.39 is 0 Å². The fraction of sp³-hybridized carbons (Fsp3) is 0.941. The van der Waals surface area contributed by atoms with Gasteiger partial charge in [0.2, 0.25) is 5.91 Å². The molecule has 1 amide bonds. The molecule has 2 rings (SSSR count). The number of carbonyl (C=O) groups excluding carboxylic acids is 1. The van der Waals surface area contributed by atoms with Gasteiger partial charge in [0, 0.05) is 6.54 Å². The molecule has 2 fully saturated rings. The first-order valence-corrected chi connectivity index (χ1v) is 9.91. The summed E-state index contributed by atoms with van der Waals surface area (Å²) in [7, 11) is 0. The Labute approximate surface area is 134 Å². The van der Waals surface area contributed by atoms with Crippen LogP contribution >= 0.6 is 11.8 Å². The summed E-state index contributed by atoms with van der Waals surface area (Å²) >= 11 is 2.06. The van der Waals surface area contributed by atoms with Crippen molar-refractivity contribution in [2.24, 2.45) is 11.8 Å². The maximum absolute atomic E-state index is 12.7. The number of unbranched alkanes of at least 4 members (excludes halogenated alkanes) is 1. The summed E-state index contributed by atoms with van der Waals surface area (Å²) in [5.41, 5.74) is 0. The minimum absolute atomic E-state index is 0.0756. The van der Waals surface area contributed by atoms with Gasteiger partial charge in [0.05, 0.1) is 12.2 Å². The average molecular weight is 313 g/mol. The van der Waals surface area contributed by atoms with Crippen molar-refractivity contribution >= 4 is 17.7 Å². The minimum Gasteiger partial charge on any atom is -0.326 e. The Morgan fingerprint density at radius 3 is 2.67 bits per heavy atom. The van der Waals surface area contributed by atoms with Gasteiger partial charge in [0.25, 0.3) is 0 Å². The van der Waals surface area contributed by atoms with Crippen LogP contribution in [0.1, 0.15) is 59.3 Å². The summed E-state index contributed by atoms with van der Waals surface area (Å²) in [6, 6.07) is 0.0756. The monoisotopic (exact) mass is 312 g/mol. The van der Waals surface area contributed by atoms with Crippen LogP contribution in [0, 0.1) is 11.8 Å². The maximum atomic E-state index is 12.7. The Morgan fingerprint density at radius 1 is 1.33 bits per heavy atom. The third kappa shape index (κ3) is 4.88. The molecule has 2 aliphatic heterocycles. The topological polar surface area (TPSA) is 32.3 Å². The Hall–Kier alpha value is -0.220. The largest absolute Gasteiger partial charge is 0.326 e. The number of thioether (sulfide) groups is 1. The normalized spacial score (nSPS) is 27.8.